The van der Waals surface area contributed by atoms with Gasteiger partial charge in [-0.2, -0.15) is 0 Å². The number of carbonyl (C=O) groups is 1. The first-order chi connectivity index (χ1) is 12.2. The van der Waals surface area contributed by atoms with Crippen LogP contribution in [0.1, 0.15) is 43.0 Å². The topological polar surface area (TPSA) is 84.3 Å². The summed E-state index contributed by atoms with van der Waals surface area (Å²) < 4.78 is 10.9. The van der Waals surface area contributed by atoms with E-state index in [1.165, 1.54) is 19.3 Å². The molecule has 0 saturated carbocycles. The van der Waals surface area contributed by atoms with E-state index in [2.05, 4.69) is 16.9 Å². The molecule has 0 heterocycles. The monoisotopic (exact) mass is 339 g/mol. The van der Waals surface area contributed by atoms with Gasteiger partial charge in [-0.05, 0) is 60.5 Å². The zero-order valence-corrected chi connectivity index (χ0v) is 14.2. The van der Waals surface area contributed by atoms with Crippen molar-refractivity contribution in [1.29, 1.82) is 0 Å². The molecular weight excluding hydrogens is 318 g/mol. The third-order valence-electron chi connectivity index (χ3n) is 3.56. The second-order valence-corrected chi connectivity index (χ2v) is 5.51. The molecule has 2 aromatic carbocycles. The lowest BCUT2D eigenvalue weighted by Crippen LogP contribution is -2.08. The number of nitrogens with zero attached hydrogens (tertiary/aromatic N) is 3. The van der Waals surface area contributed by atoms with Crippen LogP contribution < -0.4 is 9.47 Å². The fraction of sp³-hybridized carbons (Fsp3) is 0.316. The van der Waals surface area contributed by atoms with E-state index in [9.17, 15) is 4.79 Å². The highest BCUT2D eigenvalue weighted by Crippen LogP contribution is 2.20. The first kappa shape index (κ1) is 18.4. The summed E-state index contributed by atoms with van der Waals surface area (Å²) in [6, 6.07) is 13.2. The van der Waals surface area contributed by atoms with Crippen molar-refractivity contribution in [2.75, 3.05) is 6.61 Å². The Balaban J connectivity index is 1.86. The summed E-state index contributed by atoms with van der Waals surface area (Å²) in [6.45, 7) is 2.86. The first-order valence-electron chi connectivity index (χ1n) is 8.33. The Morgan fingerprint density at radius 1 is 1.00 bits per heavy atom. The quantitative estimate of drug-likeness (QED) is 0.144. The Hall–Kier alpha value is -2.98. The largest absolute Gasteiger partial charge is 0.494 e. The van der Waals surface area contributed by atoms with E-state index in [4.69, 9.17) is 15.0 Å². The summed E-state index contributed by atoms with van der Waals surface area (Å²) in [5.74, 6) is 0.677. The van der Waals surface area contributed by atoms with Gasteiger partial charge in [0.2, 0.25) is 0 Å². The Morgan fingerprint density at radius 2 is 1.68 bits per heavy atom. The van der Waals surface area contributed by atoms with Gasteiger partial charge in [-0.3, -0.25) is 0 Å². The second kappa shape index (κ2) is 10.0. The van der Waals surface area contributed by atoms with Gasteiger partial charge in [0.25, 0.3) is 0 Å². The average molecular weight is 339 g/mol. The van der Waals surface area contributed by atoms with Gasteiger partial charge in [0.15, 0.2) is 0 Å². The highest BCUT2D eigenvalue weighted by Gasteiger charge is 2.08. The van der Waals surface area contributed by atoms with Gasteiger partial charge in [0.05, 0.1) is 12.2 Å². The van der Waals surface area contributed by atoms with Crippen LogP contribution in [0.3, 0.4) is 0 Å². The van der Waals surface area contributed by atoms with Crippen molar-refractivity contribution in [2.45, 2.75) is 32.6 Å². The predicted molar refractivity (Wildman–Crippen MR) is 96.3 cm³/mol. The Morgan fingerprint density at radius 3 is 2.32 bits per heavy atom. The molecule has 25 heavy (non-hydrogen) atoms. The molecule has 2 aromatic rings. The summed E-state index contributed by atoms with van der Waals surface area (Å²) >= 11 is 0. The fourth-order valence-electron chi connectivity index (χ4n) is 2.20. The van der Waals surface area contributed by atoms with E-state index in [1.54, 1.807) is 48.5 Å². The number of hydrogen-bond acceptors (Lipinski definition) is 4. The Labute approximate surface area is 147 Å². The van der Waals surface area contributed by atoms with E-state index >= 15 is 0 Å². The van der Waals surface area contributed by atoms with Gasteiger partial charge in [-0.15, -0.1) is 0 Å². The highest BCUT2D eigenvalue weighted by molar-refractivity contribution is 5.91. The third kappa shape index (κ3) is 6.20. The number of azide groups is 1. The number of ether oxygens (including phenoxy) is 2. The SMILES string of the molecule is CCCCCCOc1ccc(C(=O)Oc2ccc(N=[N+]=[N-])cc2)cc1. The van der Waals surface area contributed by atoms with Crippen LogP contribution in [0.15, 0.2) is 53.6 Å². The minimum absolute atomic E-state index is 0.387. The van der Waals surface area contributed by atoms with E-state index in [0.29, 0.717) is 23.6 Å². The Bertz CT molecular complexity index is 721. The number of rotatable bonds is 9. The van der Waals surface area contributed by atoms with Gasteiger partial charge in [-0.25, -0.2) is 4.79 Å². The normalized spacial score (nSPS) is 9.96. The van der Waals surface area contributed by atoms with Crippen LogP contribution in [0.2, 0.25) is 0 Å². The van der Waals surface area contributed by atoms with Crippen LogP contribution in [-0.2, 0) is 0 Å². The average Bonchev–Trinajstić information content (AvgIpc) is 2.64. The van der Waals surface area contributed by atoms with Gasteiger partial charge >= 0.3 is 5.97 Å². The first-order valence-corrected chi connectivity index (χ1v) is 8.33. The molecule has 0 unspecified atom stereocenters. The van der Waals surface area contributed by atoms with Crippen LogP contribution in [-0.4, -0.2) is 12.6 Å². The van der Waals surface area contributed by atoms with Gasteiger partial charge in [0.1, 0.15) is 11.5 Å². The number of benzene rings is 2. The molecule has 0 amide bonds. The molecule has 0 spiro atoms. The molecule has 0 saturated heterocycles. The standard InChI is InChI=1S/C19H21N3O3/c1-2-3-4-5-14-24-17-10-6-15(7-11-17)19(23)25-18-12-8-16(9-13-18)21-22-20/h6-13H,2-5,14H2,1H3. The molecule has 2 rings (SSSR count). The molecule has 0 aliphatic carbocycles. The molecule has 0 fully saturated rings. The van der Waals surface area contributed by atoms with Gasteiger partial charge in [0, 0.05) is 10.6 Å². The van der Waals surface area contributed by atoms with Crippen molar-refractivity contribution in [3.05, 3.63) is 64.5 Å². The maximum absolute atomic E-state index is 12.1. The lowest BCUT2D eigenvalue weighted by atomic mass is 10.2. The van der Waals surface area contributed by atoms with Crippen LogP contribution in [0, 0.1) is 0 Å². The minimum atomic E-state index is -0.453. The summed E-state index contributed by atoms with van der Waals surface area (Å²) in [4.78, 5) is 14.8. The molecule has 0 bridgehead atoms. The number of hydrogen-bond donors (Lipinski definition) is 0. The molecule has 0 atom stereocenters. The van der Waals surface area contributed by atoms with Crippen molar-refractivity contribution >= 4 is 11.7 Å². The number of carbonyl (C=O) groups excluding carboxylic acids is 1. The molecule has 0 aromatic heterocycles. The maximum Gasteiger partial charge on any atom is 0.343 e. The smallest absolute Gasteiger partial charge is 0.343 e. The van der Waals surface area contributed by atoms with E-state index in [-0.39, 0.29) is 0 Å². The predicted octanol–water partition coefficient (Wildman–Crippen LogP) is 5.81. The molecule has 0 radical (unpaired) electrons. The van der Waals surface area contributed by atoms with Crippen molar-refractivity contribution in [3.8, 4) is 11.5 Å². The summed E-state index contributed by atoms with van der Waals surface area (Å²) in [7, 11) is 0. The zero-order chi connectivity index (χ0) is 17.9. The van der Waals surface area contributed by atoms with E-state index in [0.717, 1.165) is 12.2 Å². The van der Waals surface area contributed by atoms with Crippen molar-refractivity contribution in [1.82, 2.24) is 0 Å². The second-order valence-electron chi connectivity index (χ2n) is 5.51. The molecule has 6 heteroatoms. The molecule has 130 valence electrons. The summed E-state index contributed by atoms with van der Waals surface area (Å²) in [5, 5.41) is 3.46. The van der Waals surface area contributed by atoms with Gasteiger partial charge in [-0.1, -0.05) is 31.3 Å². The molecule has 0 aliphatic heterocycles. The van der Waals surface area contributed by atoms with E-state index < -0.39 is 5.97 Å². The maximum atomic E-state index is 12.1. The molecular formula is C19H21N3O3. The van der Waals surface area contributed by atoms with Crippen LogP contribution >= 0.6 is 0 Å². The van der Waals surface area contributed by atoms with Crippen molar-refractivity contribution in [3.63, 3.8) is 0 Å². The zero-order valence-electron chi connectivity index (χ0n) is 14.2. The van der Waals surface area contributed by atoms with Crippen LogP contribution in [0.4, 0.5) is 5.69 Å². The molecule has 0 aliphatic rings. The summed E-state index contributed by atoms with van der Waals surface area (Å²) in [6.07, 6.45) is 4.62. The van der Waals surface area contributed by atoms with Crippen molar-refractivity contribution < 1.29 is 14.3 Å². The lowest BCUT2D eigenvalue weighted by molar-refractivity contribution is 0.0734. The van der Waals surface area contributed by atoms with Crippen molar-refractivity contribution in [2.24, 2.45) is 5.11 Å². The fourth-order valence-corrected chi connectivity index (χ4v) is 2.20. The molecule has 0 N–H and O–H groups in total. The Kier molecular flexibility index (Phi) is 7.35. The highest BCUT2D eigenvalue weighted by atomic mass is 16.5. The summed E-state index contributed by atoms with van der Waals surface area (Å²) in [5.41, 5.74) is 9.26. The lowest BCUT2D eigenvalue weighted by Gasteiger charge is -2.07. The third-order valence-corrected chi connectivity index (χ3v) is 3.56. The van der Waals surface area contributed by atoms with Crippen LogP contribution in [0.25, 0.3) is 10.4 Å². The van der Waals surface area contributed by atoms with E-state index in [1.807, 2.05) is 0 Å². The number of esters is 1. The molecule has 6 nitrogen and oxygen atoms in total. The van der Waals surface area contributed by atoms with Gasteiger partial charge < -0.3 is 9.47 Å². The number of unbranched alkanes of at least 4 members (excludes halogenated alkanes) is 3. The minimum Gasteiger partial charge on any atom is -0.494 e. The van der Waals surface area contributed by atoms with Crippen LogP contribution in [0.5, 0.6) is 11.5 Å².